The fourth-order valence-electron chi connectivity index (χ4n) is 2.55. The average molecular weight is 377 g/mol. The van der Waals surface area contributed by atoms with Crippen LogP contribution in [0.2, 0.25) is 0 Å². The molecule has 0 unspecified atom stereocenters. The third-order valence-electron chi connectivity index (χ3n) is 4.03. The number of pyridine rings is 1. The van der Waals surface area contributed by atoms with Crippen molar-refractivity contribution in [3.63, 3.8) is 0 Å². The Morgan fingerprint density at radius 2 is 1.85 bits per heavy atom. The highest BCUT2D eigenvalue weighted by atomic mass is 16.5. The summed E-state index contributed by atoms with van der Waals surface area (Å²) in [6.07, 6.45) is 6.06. The molecule has 0 atom stereocenters. The van der Waals surface area contributed by atoms with Gasteiger partial charge in [0, 0.05) is 39.4 Å². The molecule has 0 saturated carbocycles. The van der Waals surface area contributed by atoms with Crippen molar-refractivity contribution in [3.05, 3.63) is 30.2 Å². The van der Waals surface area contributed by atoms with Crippen molar-refractivity contribution in [1.29, 1.82) is 0 Å². The fourth-order valence-corrected chi connectivity index (χ4v) is 2.55. The molecule has 8 heteroatoms. The minimum absolute atomic E-state index is 0.629. The Morgan fingerprint density at radius 1 is 1.04 bits per heavy atom. The van der Waals surface area contributed by atoms with E-state index in [0.717, 1.165) is 56.3 Å². The number of aliphatic imine (C=N–C) groups is 1. The summed E-state index contributed by atoms with van der Waals surface area (Å²) in [5, 5.41) is 15.0. The summed E-state index contributed by atoms with van der Waals surface area (Å²) < 4.78 is 13.0. The van der Waals surface area contributed by atoms with Crippen LogP contribution >= 0.6 is 0 Å². The van der Waals surface area contributed by atoms with Gasteiger partial charge >= 0.3 is 0 Å². The quantitative estimate of drug-likeness (QED) is 0.314. The summed E-state index contributed by atoms with van der Waals surface area (Å²) >= 11 is 0. The van der Waals surface area contributed by atoms with Gasteiger partial charge in [0.2, 0.25) is 0 Å². The third kappa shape index (κ3) is 7.92. The zero-order valence-electron chi connectivity index (χ0n) is 16.5. The monoisotopic (exact) mass is 376 g/mol. The molecule has 150 valence electrons. The van der Waals surface area contributed by atoms with Crippen LogP contribution in [0.15, 0.2) is 29.4 Å². The second-order valence-corrected chi connectivity index (χ2v) is 6.15. The van der Waals surface area contributed by atoms with Crippen LogP contribution in [-0.2, 0) is 15.9 Å². The van der Waals surface area contributed by atoms with Crippen molar-refractivity contribution in [2.45, 2.75) is 32.6 Å². The lowest BCUT2D eigenvalue weighted by molar-refractivity contribution is 0.0487. The van der Waals surface area contributed by atoms with E-state index in [2.05, 4.69) is 32.7 Å². The number of nitrogens with one attached hydrogen (secondary N) is 2. The van der Waals surface area contributed by atoms with Gasteiger partial charge in [-0.05, 0) is 25.0 Å². The molecule has 0 aromatic carbocycles. The van der Waals surface area contributed by atoms with Crippen LogP contribution in [0.25, 0.3) is 5.65 Å². The molecular weight excluding hydrogens is 344 g/mol. The van der Waals surface area contributed by atoms with Gasteiger partial charge in [0.15, 0.2) is 11.6 Å². The Kier molecular flexibility index (Phi) is 10.2. The first kappa shape index (κ1) is 21.1. The predicted octanol–water partition coefficient (Wildman–Crippen LogP) is 1.66. The highest BCUT2D eigenvalue weighted by Gasteiger charge is 2.04. The molecule has 2 aromatic rings. The van der Waals surface area contributed by atoms with Crippen molar-refractivity contribution in [2.75, 3.05) is 46.6 Å². The molecule has 0 spiro atoms. The summed E-state index contributed by atoms with van der Waals surface area (Å²) in [5.74, 6) is 1.76. The number of hydrogen-bond acceptors (Lipinski definition) is 5. The third-order valence-corrected chi connectivity index (χ3v) is 4.03. The van der Waals surface area contributed by atoms with Crippen molar-refractivity contribution >= 4 is 11.6 Å². The van der Waals surface area contributed by atoms with E-state index >= 15 is 0 Å². The van der Waals surface area contributed by atoms with Gasteiger partial charge in [0.25, 0.3) is 0 Å². The van der Waals surface area contributed by atoms with Crippen molar-refractivity contribution in [2.24, 2.45) is 4.99 Å². The maximum atomic E-state index is 5.54. The summed E-state index contributed by atoms with van der Waals surface area (Å²) in [5.41, 5.74) is 0.883. The van der Waals surface area contributed by atoms with Gasteiger partial charge in [0.1, 0.15) is 5.82 Å². The highest BCUT2D eigenvalue weighted by molar-refractivity contribution is 5.79. The number of nitrogens with zero attached hydrogens (tertiary/aromatic N) is 4. The number of ether oxygens (including phenoxy) is 2. The first-order chi connectivity index (χ1) is 13.3. The number of aryl methyl sites for hydroxylation is 1. The second kappa shape index (κ2) is 13.1. The second-order valence-electron chi connectivity index (χ2n) is 6.15. The molecule has 0 aliphatic rings. The van der Waals surface area contributed by atoms with Gasteiger partial charge in [0.05, 0.1) is 19.8 Å². The van der Waals surface area contributed by atoms with Crippen molar-refractivity contribution in [1.82, 2.24) is 25.2 Å². The topological polar surface area (TPSA) is 85.1 Å². The van der Waals surface area contributed by atoms with E-state index in [1.54, 1.807) is 7.05 Å². The summed E-state index contributed by atoms with van der Waals surface area (Å²) in [7, 11) is 1.77. The van der Waals surface area contributed by atoms with Gasteiger partial charge < -0.3 is 20.1 Å². The molecule has 2 heterocycles. The van der Waals surface area contributed by atoms with Crippen LogP contribution in [0.5, 0.6) is 0 Å². The van der Waals surface area contributed by atoms with Crippen LogP contribution in [-0.4, -0.2) is 67.1 Å². The van der Waals surface area contributed by atoms with E-state index in [1.165, 1.54) is 0 Å². The Hall–Kier alpha value is -2.19. The molecule has 0 aliphatic heterocycles. The van der Waals surface area contributed by atoms with Crippen LogP contribution in [0.4, 0.5) is 0 Å². The molecule has 27 heavy (non-hydrogen) atoms. The Morgan fingerprint density at radius 3 is 2.67 bits per heavy atom. The molecule has 0 fully saturated rings. The normalized spacial score (nSPS) is 11.9. The van der Waals surface area contributed by atoms with E-state index in [9.17, 15) is 0 Å². The lowest BCUT2D eigenvalue weighted by atomic mass is 10.3. The van der Waals surface area contributed by atoms with Gasteiger partial charge in [-0.2, -0.15) is 0 Å². The van der Waals surface area contributed by atoms with Gasteiger partial charge in [-0.15, -0.1) is 10.2 Å². The molecule has 0 amide bonds. The number of rotatable bonds is 13. The average Bonchev–Trinajstić information content (AvgIpc) is 3.11. The Bertz CT molecular complexity index is 673. The predicted molar refractivity (Wildman–Crippen MR) is 107 cm³/mol. The zero-order chi connectivity index (χ0) is 19.2. The SMILES string of the molecule is CCCCOCCOCCNC(=NC)NCCCc1nnc2ccccn12. The molecule has 2 aromatic heterocycles. The number of aromatic nitrogens is 3. The molecule has 8 nitrogen and oxygen atoms in total. The highest BCUT2D eigenvalue weighted by Crippen LogP contribution is 2.04. The molecule has 0 bridgehead atoms. The van der Waals surface area contributed by atoms with Gasteiger partial charge in [-0.25, -0.2) is 0 Å². The molecule has 0 radical (unpaired) electrons. The summed E-state index contributed by atoms with van der Waals surface area (Å²) in [4.78, 5) is 4.22. The van der Waals surface area contributed by atoms with Crippen molar-refractivity contribution < 1.29 is 9.47 Å². The number of hydrogen-bond donors (Lipinski definition) is 2. The summed E-state index contributed by atoms with van der Waals surface area (Å²) in [6, 6.07) is 5.91. The van der Waals surface area contributed by atoms with E-state index in [4.69, 9.17) is 9.47 Å². The first-order valence-electron chi connectivity index (χ1n) is 9.73. The van der Waals surface area contributed by atoms with E-state index in [1.807, 2.05) is 28.8 Å². The molecule has 0 saturated heterocycles. The number of unbranched alkanes of at least 4 members (excludes halogenated alkanes) is 1. The number of fused-ring (bicyclic) bond motifs is 1. The van der Waals surface area contributed by atoms with Gasteiger partial charge in [-0.1, -0.05) is 19.4 Å². The van der Waals surface area contributed by atoms with E-state index in [0.29, 0.717) is 26.4 Å². The number of guanidine groups is 1. The fraction of sp³-hybridized carbons (Fsp3) is 0.632. The lowest BCUT2D eigenvalue weighted by Gasteiger charge is -2.12. The maximum Gasteiger partial charge on any atom is 0.191 e. The van der Waals surface area contributed by atoms with E-state index in [-0.39, 0.29) is 0 Å². The smallest absolute Gasteiger partial charge is 0.191 e. The minimum atomic E-state index is 0.629. The van der Waals surface area contributed by atoms with Crippen LogP contribution < -0.4 is 10.6 Å². The van der Waals surface area contributed by atoms with Crippen LogP contribution in [0.1, 0.15) is 32.0 Å². The standard InChI is InChI=1S/C19H32N6O2/c1-3-4-13-26-15-16-27-14-11-22-19(20-2)21-10-7-9-18-24-23-17-8-5-6-12-25(17)18/h5-6,8,12H,3-4,7,9-11,13-16H2,1-2H3,(H2,20,21,22). The summed E-state index contributed by atoms with van der Waals surface area (Å²) in [6.45, 7) is 6.41. The minimum Gasteiger partial charge on any atom is -0.379 e. The molecule has 0 aliphatic carbocycles. The molecule has 2 N–H and O–H groups in total. The zero-order valence-corrected chi connectivity index (χ0v) is 16.5. The first-order valence-corrected chi connectivity index (χ1v) is 9.73. The van der Waals surface area contributed by atoms with Crippen molar-refractivity contribution in [3.8, 4) is 0 Å². The Balaban J connectivity index is 1.52. The van der Waals surface area contributed by atoms with Crippen LogP contribution in [0.3, 0.4) is 0 Å². The molecule has 2 rings (SSSR count). The Labute approximate surface area is 161 Å². The maximum absolute atomic E-state index is 5.54. The molecular formula is C19H32N6O2. The lowest BCUT2D eigenvalue weighted by Crippen LogP contribution is -2.39. The van der Waals surface area contributed by atoms with E-state index < -0.39 is 0 Å². The van der Waals surface area contributed by atoms with Crippen LogP contribution in [0, 0.1) is 0 Å². The largest absolute Gasteiger partial charge is 0.379 e. The van der Waals surface area contributed by atoms with Gasteiger partial charge in [-0.3, -0.25) is 9.39 Å².